The summed E-state index contributed by atoms with van der Waals surface area (Å²) in [6, 6.07) is 18.8. The molecule has 1 N–H and O–H groups in total. The Morgan fingerprint density at radius 3 is 2.46 bits per heavy atom. The maximum Gasteiger partial charge on any atom is 0.338 e. The number of aliphatic hydroxyl groups excluding tert-OH is 1. The molecule has 4 aromatic rings. The molecule has 1 amide bonds. The summed E-state index contributed by atoms with van der Waals surface area (Å²) in [5, 5.41) is 12.0. The molecule has 3 aromatic carbocycles. The zero-order chi connectivity index (χ0) is 27.8. The van der Waals surface area contributed by atoms with Crippen molar-refractivity contribution in [3.8, 4) is 5.75 Å². The maximum absolute atomic E-state index is 13.9. The van der Waals surface area contributed by atoms with Crippen molar-refractivity contribution in [1.82, 2.24) is 0 Å². The van der Waals surface area contributed by atoms with Crippen LogP contribution in [-0.4, -0.2) is 36.0 Å². The number of nitrogens with zero attached hydrogens (tertiary/aromatic N) is 1. The lowest BCUT2D eigenvalue weighted by Gasteiger charge is -2.27. The first-order chi connectivity index (χ1) is 18.7. The number of halogens is 1. The van der Waals surface area contributed by atoms with E-state index < -0.39 is 29.5 Å². The molecule has 8 nitrogen and oxygen atoms in total. The number of hydrogen-bond donors (Lipinski definition) is 1. The number of ether oxygens (including phenoxy) is 2. The number of anilines is 1. The second-order valence-corrected chi connectivity index (χ2v) is 9.66. The zero-order valence-electron chi connectivity index (χ0n) is 21.3. The Morgan fingerprint density at radius 2 is 1.77 bits per heavy atom. The predicted octanol–water partition coefficient (Wildman–Crippen LogP) is 6.44. The molecule has 1 unspecified atom stereocenters. The van der Waals surface area contributed by atoms with Gasteiger partial charge in [-0.3, -0.25) is 14.5 Å². The Kier molecular flexibility index (Phi) is 6.89. The molecule has 1 atom stereocenters. The summed E-state index contributed by atoms with van der Waals surface area (Å²) >= 11 is 6.17. The third kappa shape index (κ3) is 4.75. The number of Topliss-reactive ketones (excluding diaryl/α,β-unsaturated/α-hetero) is 1. The highest BCUT2D eigenvalue weighted by molar-refractivity contribution is 6.31. The molecule has 1 aliphatic rings. The SMILES string of the molecule is COc1cc(Cl)cc2cc(C(=O)C3=C(O)C(=O)N(c4cccc(C(=O)OC(C)C)c4)C3c3ccccc3)oc12. The first-order valence-electron chi connectivity index (χ1n) is 12.1. The van der Waals surface area contributed by atoms with Crippen LogP contribution in [-0.2, 0) is 9.53 Å². The lowest BCUT2D eigenvalue weighted by atomic mass is 9.94. The number of ketones is 1. The average Bonchev–Trinajstić information content (AvgIpc) is 3.46. The molecule has 0 spiro atoms. The Balaban J connectivity index is 1.62. The quantitative estimate of drug-likeness (QED) is 0.210. The van der Waals surface area contributed by atoms with Crippen LogP contribution >= 0.6 is 11.6 Å². The fraction of sp³-hybridized carbons (Fsp3) is 0.167. The van der Waals surface area contributed by atoms with Crippen LogP contribution in [0.25, 0.3) is 11.0 Å². The van der Waals surface area contributed by atoms with E-state index in [1.54, 1.807) is 74.5 Å². The van der Waals surface area contributed by atoms with Gasteiger partial charge in [0.05, 0.1) is 30.4 Å². The third-order valence-electron chi connectivity index (χ3n) is 6.26. The van der Waals surface area contributed by atoms with Crippen LogP contribution in [0.1, 0.15) is 46.4 Å². The number of methoxy groups -OCH3 is 1. The minimum Gasteiger partial charge on any atom is -0.503 e. The third-order valence-corrected chi connectivity index (χ3v) is 6.48. The van der Waals surface area contributed by atoms with E-state index in [0.29, 0.717) is 33.0 Å². The molecule has 1 aromatic heterocycles. The number of fused-ring (bicyclic) bond motifs is 1. The van der Waals surface area contributed by atoms with E-state index in [-0.39, 0.29) is 23.0 Å². The molecule has 2 heterocycles. The zero-order valence-corrected chi connectivity index (χ0v) is 22.1. The van der Waals surface area contributed by atoms with Gasteiger partial charge in [0.2, 0.25) is 5.78 Å². The number of benzene rings is 3. The highest BCUT2D eigenvalue weighted by Crippen LogP contribution is 2.43. The molecule has 0 aliphatic carbocycles. The first-order valence-corrected chi connectivity index (χ1v) is 12.5. The standard InChI is InChI=1S/C30H24ClNO7/c1-16(2)38-30(36)18-10-7-11-21(13-18)32-25(17-8-5-4-6-9-17)24(27(34)29(32)35)26(33)22-14-19-12-20(31)15-23(37-3)28(19)39-22/h4-16,25,34H,1-3H3. The summed E-state index contributed by atoms with van der Waals surface area (Å²) in [5.41, 5.74) is 1.25. The lowest BCUT2D eigenvalue weighted by Crippen LogP contribution is -2.31. The van der Waals surface area contributed by atoms with Crippen LogP contribution in [0.4, 0.5) is 5.69 Å². The molecule has 9 heteroatoms. The summed E-state index contributed by atoms with van der Waals surface area (Å²) in [6.45, 7) is 3.47. The van der Waals surface area contributed by atoms with Crippen LogP contribution in [0.15, 0.2) is 88.5 Å². The van der Waals surface area contributed by atoms with Gasteiger partial charge in [0.25, 0.3) is 5.91 Å². The molecule has 1 aliphatic heterocycles. The van der Waals surface area contributed by atoms with E-state index in [1.165, 1.54) is 24.1 Å². The highest BCUT2D eigenvalue weighted by atomic mass is 35.5. The van der Waals surface area contributed by atoms with E-state index in [4.69, 9.17) is 25.5 Å². The van der Waals surface area contributed by atoms with Gasteiger partial charge in [-0.25, -0.2) is 4.79 Å². The molecular weight excluding hydrogens is 522 g/mol. The highest BCUT2D eigenvalue weighted by Gasteiger charge is 2.45. The Bertz CT molecular complexity index is 1640. The molecule has 0 fully saturated rings. The summed E-state index contributed by atoms with van der Waals surface area (Å²) in [7, 11) is 1.45. The average molecular weight is 546 g/mol. The second kappa shape index (κ2) is 10.3. The lowest BCUT2D eigenvalue weighted by molar-refractivity contribution is -0.117. The van der Waals surface area contributed by atoms with Gasteiger partial charge in [-0.1, -0.05) is 48.0 Å². The Morgan fingerprint density at radius 1 is 1.03 bits per heavy atom. The predicted molar refractivity (Wildman–Crippen MR) is 145 cm³/mol. The van der Waals surface area contributed by atoms with E-state index in [1.807, 2.05) is 0 Å². The van der Waals surface area contributed by atoms with Crippen molar-refractivity contribution in [1.29, 1.82) is 0 Å². The van der Waals surface area contributed by atoms with Crippen molar-refractivity contribution in [3.63, 3.8) is 0 Å². The van der Waals surface area contributed by atoms with E-state index in [9.17, 15) is 19.5 Å². The van der Waals surface area contributed by atoms with Crippen LogP contribution in [0.5, 0.6) is 5.75 Å². The van der Waals surface area contributed by atoms with Gasteiger partial charge < -0.3 is 19.0 Å². The summed E-state index contributed by atoms with van der Waals surface area (Å²) in [6.07, 6.45) is -0.334. The van der Waals surface area contributed by atoms with Gasteiger partial charge in [0, 0.05) is 22.2 Å². The number of aliphatic hydroxyl groups is 1. The van der Waals surface area contributed by atoms with E-state index in [0.717, 1.165) is 0 Å². The first kappa shape index (κ1) is 26.1. The summed E-state index contributed by atoms with van der Waals surface area (Å²) in [4.78, 5) is 41.2. The molecule has 5 rings (SSSR count). The number of carbonyl (C=O) groups excluding carboxylic acids is 3. The minimum atomic E-state index is -0.999. The van der Waals surface area contributed by atoms with E-state index in [2.05, 4.69) is 0 Å². The van der Waals surface area contributed by atoms with Gasteiger partial charge >= 0.3 is 5.97 Å². The topological polar surface area (TPSA) is 106 Å². The molecule has 198 valence electrons. The molecule has 39 heavy (non-hydrogen) atoms. The Labute approximate surface area is 229 Å². The van der Waals surface area contributed by atoms with Crippen LogP contribution < -0.4 is 9.64 Å². The number of rotatable bonds is 7. The van der Waals surface area contributed by atoms with Gasteiger partial charge in [0.15, 0.2) is 22.9 Å². The molecular formula is C30H24ClNO7. The smallest absolute Gasteiger partial charge is 0.338 e. The number of furan rings is 1. The summed E-state index contributed by atoms with van der Waals surface area (Å²) < 4.78 is 16.5. The minimum absolute atomic E-state index is 0.100. The largest absolute Gasteiger partial charge is 0.503 e. The number of carbonyl (C=O) groups is 3. The Hall–Kier alpha value is -4.56. The van der Waals surface area contributed by atoms with Crippen molar-refractivity contribution in [2.45, 2.75) is 26.0 Å². The molecule has 0 radical (unpaired) electrons. The monoisotopic (exact) mass is 545 g/mol. The van der Waals surface area contributed by atoms with Gasteiger partial charge in [-0.15, -0.1) is 0 Å². The van der Waals surface area contributed by atoms with Crippen LogP contribution in [0.2, 0.25) is 5.02 Å². The summed E-state index contributed by atoms with van der Waals surface area (Å²) in [5.74, 6) is -2.51. The number of esters is 1. The fourth-order valence-corrected chi connectivity index (χ4v) is 4.82. The number of hydrogen-bond acceptors (Lipinski definition) is 7. The second-order valence-electron chi connectivity index (χ2n) is 9.22. The van der Waals surface area contributed by atoms with Crippen LogP contribution in [0, 0.1) is 0 Å². The molecule has 0 saturated heterocycles. The van der Waals surface area contributed by atoms with Crippen molar-refractivity contribution in [2.75, 3.05) is 12.0 Å². The number of amides is 1. The van der Waals surface area contributed by atoms with Crippen molar-refractivity contribution in [3.05, 3.63) is 106 Å². The fourth-order valence-electron chi connectivity index (χ4n) is 4.60. The van der Waals surface area contributed by atoms with Gasteiger partial charge in [-0.2, -0.15) is 0 Å². The van der Waals surface area contributed by atoms with Gasteiger partial charge in [0.1, 0.15) is 0 Å². The van der Waals surface area contributed by atoms with E-state index >= 15 is 0 Å². The normalized spacial score (nSPS) is 15.4. The van der Waals surface area contributed by atoms with Crippen molar-refractivity contribution < 1.29 is 33.4 Å². The van der Waals surface area contributed by atoms with Crippen molar-refractivity contribution >= 4 is 45.9 Å². The maximum atomic E-state index is 13.9. The molecule has 0 bridgehead atoms. The molecule has 0 saturated carbocycles. The van der Waals surface area contributed by atoms with Crippen molar-refractivity contribution in [2.24, 2.45) is 0 Å². The van der Waals surface area contributed by atoms with Crippen LogP contribution in [0.3, 0.4) is 0 Å². The van der Waals surface area contributed by atoms with Gasteiger partial charge in [-0.05, 0) is 49.7 Å².